The summed E-state index contributed by atoms with van der Waals surface area (Å²) in [5.41, 5.74) is 1.45. The molecule has 0 atom stereocenters. The van der Waals surface area contributed by atoms with Gasteiger partial charge in [-0.1, -0.05) is 23.7 Å². The van der Waals surface area contributed by atoms with Gasteiger partial charge in [0.25, 0.3) is 0 Å². The highest BCUT2D eigenvalue weighted by atomic mass is 35.5. The minimum atomic E-state index is -0.318. The molecule has 0 aliphatic rings. The Hall–Kier alpha value is -2.74. The third-order valence-corrected chi connectivity index (χ3v) is 3.73. The van der Waals surface area contributed by atoms with Crippen LogP contribution in [0, 0.1) is 12.7 Å². The van der Waals surface area contributed by atoms with Gasteiger partial charge in [-0.3, -0.25) is 14.8 Å². The van der Waals surface area contributed by atoms with Gasteiger partial charge in [-0.05, 0) is 24.6 Å². The summed E-state index contributed by atoms with van der Waals surface area (Å²) in [6.07, 6.45) is 2.95. The molecule has 3 aromatic rings. The first-order valence-corrected chi connectivity index (χ1v) is 7.51. The SMILES string of the molecule is Cc1c(Cl)cnn1CC(=O)Nc1ncn(Cc2cccc(F)c2)n1. The Morgan fingerprint density at radius 1 is 1.42 bits per heavy atom. The quantitative estimate of drug-likeness (QED) is 0.767. The van der Waals surface area contributed by atoms with Gasteiger partial charge in [-0.25, -0.2) is 14.1 Å². The zero-order valence-corrected chi connectivity index (χ0v) is 13.5. The molecular weight excluding hydrogens is 335 g/mol. The number of benzene rings is 1. The average Bonchev–Trinajstić information content (AvgIpc) is 3.09. The number of carbonyl (C=O) groups is 1. The van der Waals surface area contributed by atoms with Gasteiger partial charge in [0, 0.05) is 0 Å². The van der Waals surface area contributed by atoms with Gasteiger partial charge < -0.3 is 0 Å². The van der Waals surface area contributed by atoms with Crippen LogP contribution in [0.4, 0.5) is 10.3 Å². The molecule has 7 nitrogen and oxygen atoms in total. The average molecular weight is 349 g/mol. The molecule has 0 saturated carbocycles. The molecule has 124 valence electrons. The Morgan fingerprint density at radius 3 is 2.96 bits per heavy atom. The number of hydrogen-bond donors (Lipinski definition) is 1. The van der Waals surface area contributed by atoms with E-state index in [1.54, 1.807) is 19.1 Å². The minimum Gasteiger partial charge on any atom is -0.292 e. The predicted octanol–water partition coefficient (Wildman–Crippen LogP) is 2.26. The van der Waals surface area contributed by atoms with Gasteiger partial charge in [0.05, 0.1) is 23.5 Å². The van der Waals surface area contributed by atoms with Crippen molar-refractivity contribution >= 4 is 23.5 Å². The van der Waals surface area contributed by atoms with Gasteiger partial charge in [-0.2, -0.15) is 5.10 Å². The molecule has 0 unspecified atom stereocenters. The molecule has 3 rings (SSSR count). The van der Waals surface area contributed by atoms with Crippen molar-refractivity contribution < 1.29 is 9.18 Å². The van der Waals surface area contributed by atoms with Crippen molar-refractivity contribution in [3.63, 3.8) is 0 Å². The lowest BCUT2D eigenvalue weighted by atomic mass is 10.2. The highest BCUT2D eigenvalue weighted by molar-refractivity contribution is 6.31. The molecule has 24 heavy (non-hydrogen) atoms. The Kier molecular flexibility index (Phi) is 4.57. The number of nitrogens with one attached hydrogen (secondary N) is 1. The van der Waals surface area contributed by atoms with Crippen molar-refractivity contribution in [2.24, 2.45) is 0 Å². The van der Waals surface area contributed by atoms with Crippen LogP contribution in [0.1, 0.15) is 11.3 Å². The van der Waals surface area contributed by atoms with E-state index in [1.807, 2.05) is 0 Å². The van der Waals surface area contributed by atoms with Gasteiger partial charge in [0.2, 0.25) is 11.9 Å². The van der Waals surface area contributed by atoms with Crippen molar-refractivity contribution in [2.45, 2.75) is 20.0 Å². The largest absolute Gasteiger partial charge is 0.292 e. The molecule has 2 heterocycles. The Morgan fingerprint density at radius 2 is 2.25 bits per heavy atom. The summed E-state index contributed by atoms with van der Waals surface area (Å²) in [5.74, 6) is -0.455. The molecule has 0 spiro atoms. The van der Waals surface area contributed by atoms with Crippen LogP contribution in [0.25, 0.3) is 0 Å². The Labute approximate surface area is 142 Å². The molecule has 0 aliphatic carbocycles. The van der Waals surface area contributed by atoms with Crippen LogP contribution in [0.2, 0.25) is 5.02 Å². The minimum absolute atomic E-state index is 0.0109. The second kappa shape index (κ2) is 6.79. The lowest BCUT2D eigenvalue weighted by molar-refractivity contribution is -0.117. The number of hydrogen-bond acceptors (Lipinski definition) is 4. The fourth-order valence-electron chi connectivity index (χ4n) is 2.13. The number of amides is 1. The molecule has 0 radical (unpaired) electrons. The highest BCUT2D eigenvalue weighted by Gasteiger charge is 2.11. The third-order valence-electron chi connectivity index (χ3n) is 3.36. The zero-order chi connectivity index (χ0) is 17.1. The first-order valence-electron chi connectivity index (χ1n) is 7.13. The smallest absolute Gasteiger partial charge is 0.248 e. The van der Waals surface area contributed by atoms with E-state index in [0.29, 0.717) is 17.3 Å². The molecule has 1 N–H and O–H groups in total. The fourth-order valence-corrected chi connectivity index (χ4v) is 2.28. The fraction of sp³-hybridized carbons (Fsp3) is 0.200. The zero-order valence-electron chi connectivity index (χ0n) is 12.8. The molecular formula is C15H14ClFN6O. The topological polar surface area (TPSA) is 77.6 Å². The molecule has 2 aromatic heterocycles. The number of nitrogens with zero attached hydrogens (tertiary/aromatic N) is 5. The van der Waals surface area contributed by atoms with Crippen molar-refractivity contribution in [1.29, 1.82) is 0 Å². The monoisotopic (exact) mass is 348 g/mol. The van der Waals surface area contributed by atoms with Gasteiger partial charge in [0.1, 0.15) is 18.7 Å². The lowest BCUT2D eigenvalue weighted by Crippen LogP contribution is -2.21. The van der Waals surface area contributed by atoms with Gasteiger partial charge >= 0.3 is 0 Å². The molecule has 0 bridgehead atoms. The first-order chi connectivity index (χ1) is 11.5. The maximum atomic E-state index is 13.2. The third kappa shape index (κ3) is 3.77. The van der Waals surface area contributed by atoms with Crippen molar-refractivity contribution in [3.05, 3.63) is 58.9 Å². The van der Waals surface area contributed by atoms with E-state index in [4.69, 9.17) is 11.6 Å². The number of halogens is 2. The van der Waals surface area contributed by atoms with Crippen LogP contribution in [0.5, 0.6) is 0 Å². The maximum absolute atomic E-state index is 13.2. The number of rotatable bonds is 5. The first kappa shape index (κ1) is 16.1. The second-order valence-corrected chi connectivity index (χ2v) is 5.59. The van der Waals surface area contributed by atoms with Crippen molar-refractivity contribution in [3.8, 4) is 0 Å². The van der Waals surface area contributed by atoms with E-state index < -0.39 is 0 Å². The summed E-state index contributed by atoms with van der Waals surface area (Å²) in [6.45, 7) is 2.14. The molecule has 0 fully saturated rings. The van der Waals surface area contributed by atoms with Crippen LogP contribution in [-0.2, 0) is 17.9 Å². The summed E-state index contributed by atoms with van der Waals surface area (Å²) in [6, 6.07) is 6.21. The van der Waals surface area contributed by atoms with E-state index in [2.05, 4.69) is 20.5 Å². The van der Waals surface area contributed by atoms with Crippen molar-refractivity contribution in [1.82, 2.24) is 24.5 Å². The van der Waals surface area contributed by atoms with Crippen LogP contribution in [0.3, 0.4) is 0 Å². The van der Waals surface area contributed by atoms with E-state index in [0.717, 1.165) is 5.56 Å². The van der Waals surface area contributed by atoms with E-state index in [9.17, 15) is 9.18 Å². The maximum Gasteiger partial charge on any atom is 0.248 e. The Balaban J connectivity index is 1.61. The molecule has 9 heteroatoms. The van der Waals surface area contributed by atoms with Crippen LogP contribution >= 0.6 is 11.6 Å². The normalized spacial score (nSPS) is 10.8. The second-order valence-electron chi connectivity index (χ2n) is 5.18. The standard InChI is InChI=1S/C15H14ClFN6O/c1-10-13(16)6-19-23(10)8-14(24)20-15-18-9-22(21-15)7-11-3-2-4-12(17)5-11/h2-6,9H,7-8H2,1H3,(H,20,21,24). The summed E-state index contributed by atoms with van der Waals surface area (Å²) in [5, 5.41) is 11.2. The Bertz CT molecular complexity index is 874. The van der Waals surface area contributed by atoms with Crippen LogP contribution in [0.15, 0.2) is 36.8 Å². The van der Waals surface area contributed by atoms with Crippen molar-refractivity contribution in [2.75, 3.05) is 5.32 Å². The summed E-state index contributed by atoms with van der Waals surface area (Å²) in [4.78, 5) is 16.0. The molecule has 1 amide bonds. The lowest BCUT2D eigenvalue weighted by Gasteiger charge is -2.04. The number of aromatic nitrogens is 5. The number of anilines is 1. The predicted molar refractivity (Wildman–Crippen MR) is 86.1 cm³/mol. The number of carbonyl (C=O) groups excluding carboxylic acids is 1. The van der Waals surface area contributed by atoms with Gasteiger partial charge in [0.15, 0.2) is 0 Å². The van der Waals surface area contributed by atoms with Crippen LogP contribution in [-0.4, -0.2) is 30.5 Å². The van der Waals surface area contributed by atoms with E-state index in [1.165, 1.54) is 34.0 Å². The summed E-state index contributed by atoms with van der Waals surface area (Å²) >= 11 is 5.89. The highest BCUT2D eigenvalue weighted by Crippen LogP contribution is 2.13. The van der Waals surface area contributed by atoms with E-state index >= 15 is 0 Å². The summed E-state index contributed by atoms with van der Waals surface area (Å²) < 4.78 is 16.2. The van der Waals surface area contributed by atoms with E-state index in [-0.39, 0.29) is 24.2 Å². The summed E-state index contributed by atoms with van der Waals surface area (Å²) in [7, 11) is 0. The molecule has 0 saturated heterocycles. The molecule has 1 aromatic carbocycles. The van der Waals surface area contributed by atoms with Gasteiger partial charge in [-0.15, -0.1) is 5.10 Å². The van der Waals surface area contributed by atoms with Crippen LogP contribution < -0.4 is 5.32 Å². The molecule has 0 aliphatic heterocycles.